The van der Waals surface area contributed by atoms with Gasteiger partial charge in [0, 0.05) is 12.3 Å². The Morgan fingerprint density at radius 1 is 1.31 bits per heavy atom. The van der Waals surface area contributed by atoms with E-state index in [-0.39, 0.29) is 47.8 Å². The van der Waals surface area contributed by atoms with E-state index < -0.39 is 4.32 Å². The van der Waals surface area contributed by atoms with Crippen LogP contribution in [-0.4, -0.2) is 42.2 Å². The molecule has 3 heterocycles. The average Bonchev–Trinajstić information content (AvgIpc) is 2.66. The molecule has 0 amide bonds. The Kier molecular flexibility index (Phi) is 4.02. The summed E-state index contributed by atoms with van der Waals surface area (Å²) in [5.41, 5.74) is 1.12. The lowest BCUT2D eigenvalue weighted by atomic mass is 9.52. The van der Waals surface area contributed by atoms with Crippen molar-refractivity contribution in [1.29, 1.82) is 0 Å². The fourth-order valence-electron chi connectivity index (χ4n) is 6.46. The zero-order valence-corrected chi connectivity index (χ0v) is 16.6. The standard InChI is InChI=1S/C20H25BrO5/c1-24-18(22)12-7-11-14-8-15-20(21,19(23)26-14)17(11)13(9-25-15)16(12)10-5-3-2-4-6-10/h7,10,12-17H,2-6,8-9H2,1H3/t12-,13?,14+,15+,16-,17+,20+/m1/s1. The van der Waals surface area contributed by atoms with E-state index in [4.69, 9.17) is 14.2 Å². The summed E-state index contributed by atoms with van der Waals surface area (Å²) in [6.45, 7) is 0.620. The third kappa shape index (κ3) is 2.17. The number of rotatable bonds is 2. The van der Waals surface area contributed by atoms with E-state index in [1.165, 1.54) is 26.4 Å². The van der Waals surface area contributed by atoms with E-state index in [9.17, 15) is 9.59 Å². The number of esters is 2. The molecule has 6 aliphatic rings. The lowest BCUT2D eigenvalue weighted by Gasteiger charge is -2.61. The first-order valence-electron chi connectivity index (χ1n) is 9.86. The molecule has 0 radical (unpaired) electrons. The van der Waals surface area contributed by atoms with Crippen LogP contribution in [-0.2, 0) is 23.8 Å². The molecule has 6 rings (SSSR count). The molecular weight excluding hydrogens is 400 g/mol. The normalized spacial score (nSPS) is 47.2. The maximum Gasteiger partial charge on any atom is 0.326 e. The van der Waals surface area contributed by atoms with Gasteiger partial charge >= 0.3 is 11.9 Å². The van der Waals surface area contributed by atoms with E-state index in [0.717, 1.165) is 18.4 Å². The minimum atomic E-state index is -0.787. The Hall–Kier alpha value is -0.880. The molecule has 2 saturated carbocycles. The summed E-state index contributed by atoms with van der Waals surface area (Å²) in [5.74, 6) is 0.299. The van der Waals surface area contributed by atoms with Crippen molar-refractivity contribution in [3.63, 3.8) is 0 Å². The highest BCUT2D eigenvalue weighted by Crippen LogP contribution is 2.62. The predicted molar refractivity (Wildman–Crippen MR) is 96.5 cm³/mol. The number of ether oxygens (including phenoxy) is 3. The van der Waals surface area contributed by atoms with Gasteiger partial charge in [0.1, 0.15) is 6.10 Å². The highest BCUT2D eigenvalue weighted by atomic mass is 79.9. The summed E-state index contributed by atoms with van der Waals surface area (Å²) in [7, 11) is 1.47. The van der Waals surface area contributed by atoms with Crippen LogP contribution in [0.2, 0.25) is 0 Å². The zero-order valence-electron chi connectivity index (χ0n) is 15.0. The van der Waals surface area contributed by atoms with Crippen molar-refractivity contribution in [3.05, 3.63) is 11.6 Å². The van der Waals surface area contributed by atoms with E-state index in [0.29, 0.717) is 18.9 Å². The van der Waals surface area contributed by atoms with Crippen molar-refractivity contribution in [2.24, 2.45) is 29.6 Å². The Labute approximate surface area is 161 Å². The van der Waals surface area contributed by atoms with Gasteiger partial charge in [-0.1, -0.05) is 54.1 Å². The van der Waals surface area contributed by atoms with Crippen LogP contribution in [0.15, 0.2) is 11.6 Å². The Morgan fingerprint density at radius 3 is 2.81 bits per heavy atom. The second-order valence-electron chi connectivity index (χ2n) is 8.55. The quantitative estimate of drug-likeness (QED) is 0.387. The average molecular weight is 425 g/mol. The lowest BCUT2D eigenvalue weighted by molar-refractivity contribution is -0.203. The van der Waals surface area contributed by atoms with Gasteiger partial charge in [0.15, 0.2) is 4.32 Å². The maximum absolute atomic E-state index is 12.7. The number of alkyl halides is 1. The van der Waals surface area contributed by atoms with Gasteiger partial charge in [-0.25, -0.2) is 0 Å². The summed E-state index contributed by atoms with van der Waals surface area (Å²) in [5, 5.41) is 0. The first kappa shape index (κ1) is 17.2. The van der Waals surface area contributed by atoms with Gasteiger partial charge in [-0.15, -0.1) is 0 Å². The van der Waals surface area contributed by atoms with Gasteiger partial charge in [-0.2, -0.15) is 0 Å². The van der Waals surface area contributed by atoms with Crippen molar-refractivity contribution in [2.45, 2.75) is 55.1 Å². The van der Waals surface area contributed by atoms with Crippen LogP contribution in [0.1, 0.15) is 38.5 Å². The van der Waals surface area contributed by atoms with Gasteiger partial charge in [0.05, 0.1) is 25.7 Å². The minimum Gasteiger partial charge on any atom is -0.469 e. The number of hydrogen-bond donors (Lipinski definition) is 0. The van der Waals surface area contributed by atoms with Crippen LogP contribution in [0.25, 0.3) is 0 Å². The summed E-state index contributed by atoms with van der Waals surface area (Å²) in [6.07, 6.45) is 8.40. The first-order chi connectivity index (χ1) is 12.6. The molecule has 4 bridgehead atoms. The summed E-state index contributed by atoms with van der Waals surface area (Å²) in [6, 6.07) is 0. The zero-order chi connectivity index (χ0) is 18.1. The fourth-order valence-corrected chi connectivity index (χ4v) is 7.48. The van der Waals surface area contributed by atoms with Crippen molar-refractivity contribution in [2.75, 3.05) is 13.7 Å². The highest BCUT2D eigenvalue weighted by Gasteiger charge is 2.69. The lowest BCUT2D eigenvalue weighted by Crippen LogP contribution is -2.71. The largest absolute Gasteiger partial charge is 0.469 e. The molecule has 1 unspecified atom stereocenters. The van der Waals surface area contributed by atoms with Crippen LogP contribution < -0.4 is 0 Å². The third-order valence-electron chi connectivity index (χ3n) is 7.51. The molecule has 5 fully saturated rings. The number of carbonyl (C=O) groups is 2. The van der Waals surface area contributed by atoms with Gasteiger partial charge in [-0.3, -0.25) is 9.59 Å². The summed E-state index contributed by atoms with van der Waals surface area (Å²) < 4.78 is 16.3. The van der Waals surface area contributed by atoms with Gasteiger partial charge in [0.2, 0.25) is 0 Å². The highest BCUT2D eigenvalue weighted by molar-refractivity contribution is 9.10. The third-order valence-corrected chi connectivity index (χ3v) is 8.84. The number of carbonyl (C=O) groups excluding carboxylic acids is 2. The van der Waals surface area contributed by atoms with Crippen LogP contribution in [0, 0.1) is 29.6 Å². The smallest absolute Gasteiger partial charge is 0.326 e. The fraction of sp³-hybridized carbons (Fsp3) is 0.800. The number of methoxy groups -OCH3 is 1. The Bertz CT molecular complexity index is 669. The Balaban J connectivity index is 1.62. The van der Waals surface area contributed by atoms with Crippen LogP contribution in [0.5, 0.6) is 0 Å². The maximum atomic E-state index is 12.7. The number of hydrogen-bond acceptors (Lipinski definition) is 5. The van der Waals surface area contributed by atoms with Crippen LogP contribution >= 0.6 is 15.9 Å². The summed E-state index contributed by atoms with van der Waals surface area (Å²) in [4.78, 5) is 25.4. The molecule has 3 saturated heterocycles. The molecule has 6 heteroatoms. The number of fused-ring (bicyclic) bond motifs is 1. The second-order valence-corrected chi connectivity index (χ2v) is 9.86. The molecule has 0 aromatic carbocycles. The van der Waals surface area contributed by atoms with E-state index >= 15 is 0 Å². The summed E-state index contributed by atoms with van der Waals surface area (Å²) >= 11 is 3.77. The van der Waals surface area contributed by atoms with Gasteiger partial charge in [-0.05, 0) is 23.3 Å². The molecular formula is C20H25BrO5. The Morgan fingerprint density at radius 2 is 2.08 bits per heavy atom. The molecule has 0 aromatic heterocycles. The molecule has 7 atom stereocenters. The minimum absolute atomic E-state index is 0.0779. The van der Waals surface area contributed by atoms with E-state index in [2.05, 4.69) is 22.0 Å². The van der Waals surface area contributed by atoms with Crippen molar-refractivity contribution in [3.8, 4) is 0 Å². The SMILES string of the molecule is COC(=O)[C@@H]1C=C2[C@@H]3C[C@@H]4OCC([C@@H]1C1CCCCC1)[C@H]2[C@]4(Br)C(=O)O3. The van der Waals surface area contributed by atoms with E-state index in [1.54, 1.807) is 0 Å². The first-order valence-corrected chi connectivity index (χ1v) is 10.7. The predicted octanol–water partition coefficient (Wildman–Crippen LogP) is 3.01. The molecule has 5 nitrogen and oxygen atoms in total. The molecule has 3 aliphatic heterocycles. The molecule has 3 aliphatic carbocycles. The second kappa shape index (κ2) is 6.06. The molecule has 0 N–H and O–H groups in total. The van der Waals surface area contributed by atoms with Crippen LogP contribution in [0.3, 0.4) is 0 Å². The molecule has 0 aromatic rings. The van der Waals surface area contributed by atoms with Gasteiger partial charge in [0.25, 0.3) is 0 Å². The molecule has 0 spiro atoms. The topological polar surface area (TPSA) is 61.8 Å². The number of halogens is 1. The van der Waals surface area contributed by atoms with Crippen molar-refractivity contribution >= 4 is 27.9 Å². The van der Waals surface area contributed by atoms with Crippen molar-refractivity contribution in [1.82, 2.24) is 0 Å². The monoisotopic (exact) mass is 424 g/mol. The van der Waals surface area contributed by atoms with Crippen molar-refractivity contribution < 1.29 is 23.8 Å². The molecule has 142 valence electrons. The van der Waals surface area contributed by atoms with E-state index in [1.807, 2.05) is 0 Å². The molecule has 26 heavy (non-hydrogen) atoms. The van der Waals surface area contributed by atoms with Gasteiger partial charge < -0.3 is 14.2 Å². The van der Waals surface area contributed by atoms with Crippen LogP contribution in [0.4, 0.5) is 0 Å².